The molecule has 0 bridgehead atoms. The van der Waals surface area contributed by atoms with Crippen molar-refractivity contribution in [3.63, 3.8) is 0 Å². The SMILES string of the molecule is Cc1ccc(F)c(CN2CCC3(CC2)C[C@H](NC(=O)N(C)C)CCO3)c1. The van der Waals surface area contributed by atoms with Gasteiger partial charge in [0.25, 0.3) is 0 Å². The quantitative estimate of drug-likeness (QED) is 0.898. The lowest BCUT2D eigenvalue weighted by molar-refractivity contribution is -0.119. The number of urea groups is 1. The summed E-state index contributed by atoms with van der Waals surface area (Å²) in [6, 6.07) is 5.42. The van der Waals surface area contributed by atoms with Crippen molar-refractivity contribution < 1.29 is 13.9 Å². The molecule has 1 aromatic carbocycles. The Balaban J connectivity index is 1.55. The molecule has 0 aromatic heterocycles. The fourth-order valence-corrected chi connectivity index (χ4v) is 3.99. The number of rotatable bonds is 3. The van der Waals surface area contributed by atoms with Crippen LogP contribution in [0, 0.1) is 12.7 Å². The van der Waals surface area contributed by atoms with Gasteiger partial charge in [0.05, 0.1) is 5.60 Å². The summed E-state index contributed by atoms with van der Waals surface area (Å²) in [5.74, 6) is -0.128. The second-order valence-electron chi connectivity index (χ2n) is 7.94. The lowest BCUT2D eigenvalue weighted by atomic mass is 9.82. The van der Waals surface area contributed by atoms with Crippen LogP contribution in [0.3, 0.4) is 0 Å². The minimum Gasteiger partial charge on any atom is -0.375 e. The molecular weight excluding hydrogens is 333 g/mol. The van der Waals surface area contributed by atoms with E-state index in [-0.39, 0.29) is 23.5 Å². The molecule has 6 heteroatoms. The van der Waals surface area contributed by atoms with Crippen LogP contribution in [0.4, 0.5) is 9.18 Å². The van der Waals surface area contributed by atoms with E-state index in [4.69, 9.17) is 4.74 Å². The van der Waals surface area contributed by atoms with Crippen LogP contribution in [0.15, 0.2) is 18.2 Å². The summed E-state index contributed by atoms with van der Waals surface area (Å²) in [5, 5.41) is 3.10. The van der Waals surface area contributed by atoms with Crippen molar-refractivity contribution in [3.8, 4) is 0 Å². The normalized spacial score (nSPS) is 23.0. The third-order valence-corrected chi connectivity index (χ3v) is 5.59. The predicted molar refractivity (Wildman–Crippen MR) is 99.6 cm³/mol. The molecule has 2 heterocycles. The number of hydrogen-bond donors (Lipinski definition) is 1. The maximum Gasteiger partial charge on any atom is 0.317 e. The van der Waals surface area contributed by atoms with E-state index in [1.165, 1.54) is 0 Å². The van der Waals surface area contributed by atoms with Crippen LogP contribution < -0.4 is 5.32 Å². The van der Waals surface area contributed by atoms with Crippen LogP contribution in [0.25, 0.3) is 0 Å². The number of ether oxygens (including phenoxy) is 1. The number of halogens is 1. The molecule has 2 saturated heterocycles. The number of carbonyl (C=O) groups is 1. The van der Waals surface area contributed by atoms with Gasteiger partial charge in [-0.1, -0.05) is 17.7 Å². The molecule has 144 valence electrons. The average Bonchev–Trinajstić information content (AvgIpc) is 2.60. The van der Waals surface area contributed by atoms with Crippen LogP contribution in [0.2, 0.25) is 0 Å². The molecule has 2 fully saturated rings. The van der Waals surface area contributed by atoms with Gasteiger partial charge in [0.1, 0.15) is 5.82 Å². The smallest absolute Gasteiger partial charge is 0.317 e. The summed E-state index contributed by atoms with van der Waals surface area (Å²) >= 11 is 0. The van der Waals surface area contributed by atoms with Crippen LogP contribution >= 0.6 is 0 Å². The first-order chi connectivity index (χ1) is 12.4. The molecule has 1 aromatic rings. The molecule has 1 atom stereocenters. The zero-order valence-corrected chi connectivity index (χ0v) is 16.1. The van der Waals surface area contributed by atoms with Crippen molar-refractivity contribution in [2.24, 2.45) is 0 Å². The third-order valence-electron chi connectivity index (χ3n) is 5.59. The van der Waals surface area contributed by atoms with E-state index in [9.17, 15) is 9.18 Å². The van der Waals surface area contributed by atoms with Crippen LogP contribution in [-0.2, 0) is 11.3 Å². The number of nitrogens with zero attached hydrogens (tertiary/aromatic N) is 2. The first-order valence-electron chi connectivity index (χ1n) is 9.46. The Morgan fingerprint density at radius 3 is 2.81 bits per heavy atom. The van der Waals surface area contributed by atoms with Gasteiger partial charge in [0, 0.05) is 51.9 Å². The summed E-state index contributed by atoms with van der Waals surface area (Å²) in [7, 11) is 3.51. The first-order valence-corrected chi connectivity index (χ1v) is 9.46. The van der Waals surface area contributed by atoms with Gasteiger partial charge in [0.2, 0.25) is 0 Å². The summed E-state index contributed by atoms with van der Waals surface area (Å²) in [6.07, 6.45) is 3.57. The summed E-state index contributed by atoms with van der Waals surface area (Å²) < 4.78 is 20.2. The van der Waals surface area contributed by atoms with Gasteiger partial charge in [0.15, 0.2) is 0 Å². The molecule has 0 aliphatic carbocycles. The van der Waals surface area contributed by atoms with E-state index in [1.807, 2.05) is 19.1 Å². The van der Waals surface area contributed by atoms with Gasteiger partial charge < -0.3 is 15.0 Å². The number of hydrogen-bond acceptors (Lipinski definition) is 3. The third kappa shape index (κ3) is 4.54. The Morgan fingerprint density at radius 2 is 2.12 bits per heavy atom. The molecule has 5 nitrogen and oxygen atoms in total. The Labute approximate surface area is 155 Å². The molecule has 1 N–H and O–H groups in total. The Kier molecular flexibility index (Phi) is 5.82. The topological polar surface area (TPSA) is 44.8 Å². The van der Waals surface area contributed by atoms with E-state index >= 15 is 0 Å². The van der Waals surface area contributed by atoms with Crippen LogP contribution in [-0.4, -0.2) is 61.3 Å². The molecule has 0 unspecified atom stereocenters. The molecule has 3 rings (SSSR count). The Bertz CT molecular complexity index is 642. The summed E-state index contributed by atoms with van der Waals surface area (Å²) in [6.45, 7) is 5.10. The van der Waals surface area contributed by atoms with Gasteiger partial charge in [-0.15, -0.1) is 0 Å². The molecule has 2 aliphatic rings. The van der Waals surface area contributed by atoms with E-state index in [0.29, 0.717) is 13.2 Å². The highest BCUT2D eigenvalue weighted by atomic mass is 19.1. The van der Waals surface area contributed by atoms with E-state index in [2.05, 4.69) is 10.2 Å². The van der Waals surface area contributed by atoms with Crippen molar-refractivity contribution in [3.05, 3.63) is 35.1 Å². The number of amides is 2. The monoisotopic (exact) mass is 363 g/mol. The number of carbonyl (C=O) groups excluding carboxylic acids is 1. The second-order valence-corrected chi connectivity index (χ2v) is 7.94. The first kappa shape index (κ1) is 19.1. The van der Waals surface area contributed by atoms with Crippen molar-refractivity contribution >= 4 is 6.03 Å². The fraction of sp³-hybridized carbons (Fsp3) is 0.650. The molecule has 1 spiro atoms. The minimum absolute atomic E-state index is 0.0422. The van der Waals surface area contributed by atoms with Crippen LogP contribution in [0.5, 0.6) is 0 Å². The average molecular weight is 363 g/mol. The maximum atomic E-state index is 14.0. The van der Waals surface area contributed by atoms with Gasteiger partial charge in [-0.3, -0.25) is 4.90 Å². The van der Waals surface area contributed by atoms with Crippen molar-refractivity contribution in [1.82, 2.24) is 15.1 Å². The number of nitrogens with one attached hydrogen (secondary N) is 1. The maximum absolute atomic E-state index is 14.0. The van der Waals surface area contributed by atoms with Gasteiger partial charge in [-0.2, -0.15) is 0 Å². The highest BCUT2D eigenvalue weighted by molar-refractivity contribution is 5.73. The number of aryl methyl sites for hydroxylation is 1. The molecule has 0 saturated carbocycles. The van der Waals surface area contributed by atoms with Gasteiger partial charge in [-0.05, 0) is 38.7 Å². The minimum atomic E-state index is -0.149. The Hall–Kier alpha value is -1.66. The molecular formula is C20H30FN3O2. The fourth-order valence-electron chi connectivity index (χ4n) is 3.99. The molecule has 0 radical (unpaired) electrons. The van der Waals surface area contributed by atoms with Gasteiger partial charge >= 0.3 is 6.03 Å². The highest BCUT2D eigenvalue weighted by Crippen LogP contribution is 2.35. The highest BCUT2D eigenvalue weighted by Gasteiger charge is 2.40. The number of piperidine rings is 1. The number of likely N-dealkylation sites (tertiary alicyclic amines) is 1. The van der Waals surface area contributed by atoms with Crippen molar-refractivity contribution in [2.75, 3.05) is 33.8 Å². The zero-order chi connectivity index (χ0) is 18.7. The van der Waals surface area contributed by atoms with Crippen LogP contribution in [0.1, 0.15) is 36.8 Å². The summed E-state index contributed by atoms with van der Waals surface area (Å²) in [5.41, 5.74) is 1.70. The standard InChI is InChI=1S/C20H30FN3O2/c1-15-4-5-18(21)16(12-15)14-24-9-7-20(8-10-24)13-17(6-11-26-20)22-19(25)23(2)3/h4-5,12,17H,6-11,13-14H2,1-3H3,(H,22,25)/t17-/m1/s1. The zero-order valence-electron chi connectivity index (χ0n) is 16.1. The molecule has 2 aliphatic heterocycles. The molecule has 26 heavy (non-hydrogen) atoms. The lowest BCUT2D eigenvalue weighted by Gasteiger charge is -2.46. The number of benzene rings is 1. The van der Waals surface area contributed by atoms with Gasteiger partial charge in [-0.25, -0.2) is 9.18 Å². The largest absolute Gasteiger partial charge is 0.375 e. The van der Waals surface area contributed by atoms with Crippen molar-refractivity contribution in [2.45, 2.75) is 50.8 Å². The summed E-state index contributed by atoms with van der Waals surface area (Å²) in [4.78, 5) is 15.8. The Morgan fingerprint density at radius 1 is 1.38 bits per heavy atom. The lowest BCUT2D eigenvalue weighted by Crippen LogP contribution is -2.54. The second kappa shape index (κ2) is 7.92. The van der Waals surface area contributed by atoms with Crippen molar-refractivity contribution in [1.29, 1.82) is 0 Å². The van der Waals surface area contributed by atoms with E-state index in [0.717, 1.165) is 49.9 Å². The van der Waals surface area contributed by atoms with E-state index in [1.54, 1.807) is 25.1 Å². The predicted octanol–water partition coefficient (Wildman–Crippen LogP) is 2.92. The molecule has 2 amide bonds. The van der Waals surface area contributed by atoms with E-state index < -0.39 is 0 Å².